The zero-order valence-corrected chi connectivity index (χ0v) is 18.0. The summed E-state index contributed by atoms with van der Waals surface area (Å²) in [6, 6.07) is 21.3. The number of rotatable bonds is 5. The van der Waals surface area contributed by atoms with E-state index in [1.54, 1.807) is 18.6 Å². The van der Waals surface area contributed by atoms with E-state index < -0.39 is 0 Å². The Morgan fingerprint density at radius 2 is 1.76 bits per heavy atom. The number of aromatic nitrogens is 6. The average molecular weight is 445 g/mol. The van der Waals surface area contributed by atoms with Gasteiger partial charge in [-0.1, -0.05) is 42.5 Å². The number of nitrogens with one attached hydrogen (secondary N) is 3. The minimum atomic E-state index is -0.101. The molecule has 6 rings (SSSR count). The Bertz CT molecular complexity index is 1600. The van der Waals surface area contributed by atoms with Crippen molar-refractivity contribution in [2.75, 3.05) is 5.32 Å². The number of benzene rings is 2. The number of para-hydroxylation sites is 2. The molecule has 0 fully saturated rings. The predicted octanol–water partition coefficient (Wildman–Crippen LogP) is 4.74. The minimum Gasteiger partial charge on any atom is -0.337 e. The summed E-state index contributed by atoms with van der Waals surface area (Å²) in [5.41, 5.74) is 6.43. The third-order valence-corrected chi connectivity index (χ3v) is 5.59. The van der Waals surface area contributed by atoms with Crippen LogP contribution in [0.5, 0.6) is 0 Å². The summed E-state index contributed by atoms with van der Waals surface area (Å²) < 4.78 is 0. The van der Waals surface area contributed by atoms with E-state index in [-0.39, 0.29) is 5.91 Å². The molecule has 0 aliphatic carbocycles. The van der Waals surface area contributed by atoms with Gasteiger partial charge in [0.25, 0.3) is 0 Å². The van der Waals surface area contributed by atoms with Gasteiger partial charge in [-0.15, -0.1) is 0 Å². The highest BCUT2D eigenvalue weighted by molar-refractivity contribution is 5.95. The van der Waals surface area contributed by atoms with Crippen LogP contribution in [0.25, 0.3) is 44.7 Å². The summed E-state index contributed by atoms with van der Waals surface area (Å²) in [4.78, 5) is 29.3. The van der Waals surface area contributed by atoms with Crippen molar-refractivity contribution < 1.29 is 4.79 Å². The molecule has 0 unspecified atom stereocenters. The van der Waals surface area contributed by atoms with Crippen molar-refractivity contribution in [3.8, 4) is 22.8 Å². The standard InChI is InChI=1S/C26H19N7O/c34-24(10-16-6-2-1-3-7-16)29-18-11-17(13-27-14-18)22-12-19-23(15-28-22)32-33-25(19)26-30-20-8-4-5-9-21(20)31-26/h1-9,11-15H,10H2,(H,29,34)(H,30,31)(H,32,33). The fourth-order valence-electron chi connectivity index (χ4n) is 3.95. The molecule has 0 radical (unpaired) electrons. The molecule has 0 aliphatic heterocycles. The van der Waals surface area contributed by atoms with Crippen LogP contribution in [0.4, 0.5) is 5.69 Å². The number of aromatic amines is 2. The first kappa shape index (κ1) is 19.8. The van der Waals surface area contributed by atoms with E-state index in [1.165, 1.54) is 0 Å². The fraction of sp³-hybridized carbons (Fsp3) is 0.0385. The van der Waals surface area contributed by atoms with Crippen LogP contribution in [0.2, 0.25) is 0 Å². The number of pyridine rings is 2. The number of nitrogens with zero attached hydrogens (tertiary/aromatic N) is 4. The largest absolute Gasteiger partial charge is 0.337 e. The van der Waals surface area contributed by atoms with Gasteiger partial charge in [-0.25, -0.2) is 4.98 Å². The highest BCUT2D eigenvalue weighted by atomic mass is 16.1. The molecule has 34 heavy (non-hydrogen) atoms. The van der Waals surface area contributed by atoms with Gasteiger partial charge in [0.05, 0.1) is 46.7 Å². The molecule has 2 aromatic carbocycles. The molecule has 0 atom stereocenters. The second-order valence-corrected chi connectivity index (χ2v) is 7.96. The summed E-state index contributed by atoms with van der Waals surface area (Å²) in [5, 5.41) is 11.3. The lowest BCUT2D eigenvalue weighted by atomic mass is 10.1. The quantitative estimate of drug-likeness (QED) is 0.355. The Morgan fingerprint density at radius 1 is 0.912 bits per heavy atom. The van der Waals surface area contributed by atoms with Gasteiger partial charge in [-0.3, -0.25) is 19.9 Å². The number of H-pyrrole nitrogens is 2. The Hall–Kier alpha value is -4.85. The first-order valence-electron chi connectivity index (χ1n) is 10.8. The monoisotopic (exact) mass is 445 g/mol. The molecule has 3 N–H and O–H groups in total. The Morgan fingerprint density at radius 3 is 2.65 bits per heavy atom. The molecule has 0 spiro atoms. The molecule has 0 saturated heterocycles. The van der Waals surface area contributed by atoms with Crippen molar-refractivity contribution in [1.29, 1.82) is 0 Å². The lowest BCUT2D eigenvalue weighted by molar-refractivity contribution is -0.115. The molecule has 4 aromatic heterocycles. The van der Waals surface area contributed by atoms with Crippen molar-refractivity contribution in [1.82, 2.24) is 30.1 Å². The van der Waals surface area contributed by atoms with Gasteiger partial charge in [-0.2, -0.15) is 5.10 Å². The lowest BCUT2D eigenvalue weighted by Crippen LogP contribution is -2.14. The number of fused-ring (bicyclic) bond motifs is 2. The van der Waals surface area contributed by atoms with Gasteiger partial charge in [0.15, 0.2) is 5.82 Å². The molecule has 4 heterocycles. The molecule has 8 heteroatoms. The summed E-state index contributed by atoms with van der Waals surface area (Å²) in [7, 11) is 0. The van der Waals surface area contributed by atoms with E-state index >= 15 is 0 Å². The van der Waals surface area contributed by atoms with Crippen molar-refractivity contribution >= 4 is 33.5 Å². The van der Waals surface area contributed by atoms with Gasteiger partial charge >= 0.3 is 0 Å². The smallest absolute Gasteiger partial charge is 0.228 e. The molecule has 0 saturated carbocycles. The van der Waals surface area contributed by atoms with E-state index in [9.17, 15) is 4.79 Å². The number of imidazole rings is 1. The van der Waals surface area contributed by atoms with E-state index in [0.717, 1.165) is 44.5 Å². The van der Waals surface area contributed by atoms with Crippen LogP contribution in [0, 0.1) is 0 Å². The second-order valence-electron chi connectivity index (χ2n) is 7.96. The van der Waals surface area contributed by atoms with Crippen molar-refractivity contribution in [2.45, 2.75) is 6.42 Å². The van der Waals surface area contributed by atoms with Gasteiger partial charge in [0.2, 0.25) is 5.91 Å². The number of anilines is 1. The van der Waals surface area contributed by atoms with Crippen molar-refractivity contribution in [2.24, 2.45) is 0 Å². The van der Waals surface area contributed by atoms with Crippen LogP contribution in [-0.4, -0.2) is 36.0 Å². The normalized spacial score (nSPS) is 11.2. The van der Waals surface area contributed by atoms with Gasteiger partial charge < -0.3 is 10.3 Å². The van der Waals surface area contributed by atoms with Gasteiger partial charge in [-0.05, 0) is 29.8 Å². The van der Waals surface area contributed by atoms with Crippen LogP contribution < -0.4 is 5.32 Å². The summed E-state index contributed by atoms with van der Waals surface area (Å²) in [6.45, 7) is 0. The zero-order valence-electron chi connectivity index (χ0n) is 18.0. The molecule has 8 nitrogen and oxygen atoms in total. The molecule has 1 amide bonds. The maximum absolute atomic E-state index is 12.5. The summed E-state index contributed by atoms with van der Waals surface area (Å²) >= 11 is 0. The van der Waals surface area contributed by atoms with Gasteiger partial charge in [0, 0.05) is 17.1 Å². The van der Waals surface area contributed by atoms with Crippen LogP contribution in [0.3, 0.4) is 0 Å². The predicted molar refractivity (Wildman–Crippen MR) is 131 cm³/mol. The van der Waals surface area contributed by atoms with Gasteiger partial charge in [0.1, 0.15) is 5.69 Å². The molecular formula is C26H19N7O. The maximum Gasteiger partial charge on any atom is 0.228 e. The Kier molecular flexibility index (Phi) is 4.81. The second kappa shape index (κ2) is 8.25. The number of carbonyl (C=O) groups excluding carboxylic acids is 1. The number of amides is 1. The molecule has 6 aromatic rings. The molecule has 0 bridgehead atoms. The van der Waals surface area contributed by atoms with Crippen LogP contribution in [-0.2, 0) is 11.2 Å². The Balaban J connectivity index is 1.30. The van der Waals surface area contributed by atoms with Crippen LogP contribution in [0.15, 0.2) is 85.3 Å². The van der Waals surface area contributed by atoms with Crippen molar-refractivity contribution in [3.05, 3.63) is 90.9 Å². The topological polar surface area (TPSA) is 112 Å². The summed E-state index contributed by atoms with van der Waals surface area (Å²) in [5.74, 6) is 0.584. The minimum absolute atomic E-state index is 0.101. The van der Waals surface area contributed by atoms with E-state index in [2.05, 4.69) is 35.5 Å². The van der Waals surface area contributed by atoms with E-state index in [0.29, 0.717) is 17.9 Å². The van der Waals surface area contributed by atoms with Crippen molar-refractivity contribution in [3.63, 3.8) is 0 Å². The van der Waals surface area contributed by atoms with Crippen LogP contribution >= 0.6 is 0 Å². The fourth-order valence-corrected chi connectivity index (χ4v) is 3.95. The number of hydrogen-bond donors (Lipinski definition) is 3. The number of carbonyl (C=O) groups is 1. The SMILES string of the molecule is O=C(Cc1ccccc1)Nc1cncc(-c2cc3c(-c4nc5ccccc5[nH]4)n[nH]c3cn2)c1. The average Bonchev–Trinajstić information content (AvgIpc) is 3.48. The molecule has 164 valence electrons. The van der Waals surface area contributed by atoms with Crippen LogP contribution in [0.1, 0.15) is 5.56 Å². The third kappa shape index (κ3) is 3.77. The molecule has 0 aliphatic rings. The van der Waals surface area contributed by atoms with E-state index in [4.69, 9.17) is 0 Å². The Labute approximate surface area is 194 Å². The lowest BCUT2D eigenvalue weighted by Gasteiger charge is -2.07. The van der Waals surface area contributed by atoms with E-state index in [1.807, 2.05) is 66.7 Å². The maximum atomic E-state index is 12.5. The highest BCUT2D eigenvalue weighted by Gasteiger charge is 2.14. The number of hydrogen-bond acceptors (Lipinski definition) is 5. The molecular weight excluding hydrogens is 426 g/mol. The highest BCUT2D eigenvalue weighted by Crippen LogP contribution is 2.29. The summed E-state index contributed by atoms with van der Waals surface area (Å²) in [6.07, 6.45) is 5.39. The first-order chi connectivity index (χ1) is 16.7. The zero-order chi connectivity index (χ0) is 22.9. The first-order valence-corrected chi connectivity index (χ1v) is 10.8. The third-order valence-electron chi connectivity index (χ3n) is 5.59.